The second-order valence-corrected chi connectivity index (χ2v) is 9.51. The molecule has 0 saturated carbocycles. The van der Waals surface area contributed by atoms with Crippen molar-refractivity contribution in [3.8, 4) is 11.8 Å². The van der Waals surface area contributed by atoms with Gasteiger partial charge in [-0.15, -0.1) is 0 Å². The van der Waals surface area contributed by atoms with Crippen LogP contribution in [0, 0.1) is 25.2 Å². The van der Waals surface area contributed by atoms with Gasteiger partial charge in [-0.05, 0) is 97.9 Å². The Bertz CT molecular complexity index is 1420. The molecule has 4 aromatic rings. The number of fused-ring (bicyclic) bond motifs is 1. The van der Waals surface area contributed by atoms with Crippen LogP contribution in [0.1, 0.15) is 22.5 Å². The molecule has 0 saturated heterocycles. The molecule has 1 amide bonds. The SMILES string of the molecule is Cc1ccc(C)n1NC(=O)/C(C#N)=C\c1cc(Br)c(OCc2cccc3ccccc23)c(Br)c1. The van der Waals surface area contributed by atoms with Crippen LogP contribution in [0.3, 0.4) is 0 Å². The van der Waals surface area contributed by atoms with Crippen molar-refractivity contribution in [1.29, 1.82) is 5.26 Å². The summed E-state index contributed by atoms with van der Waals surface area (Å²) in [6.07, 6.45) is 1.55. The van der Waals surface area contributed by atoms with Crippen LogP contribution in [0.5, 0.6) is 5.75 Å². The number of carbonyl (C=O) groups is 1. The summed E-state index contributed by atoms with van der Waals surface area (Å²) in [5.74, 6) is 0.167. The van der Waals surface area contributed by atoms with Crippen LogP contribution in [0.25, 0.3) is 16.8 Å². The van der Waals surface area contributed by atoms with Crippen molar-refractivity contribution in [2.24, 2.45) is 0 Å². The van der Waals surface area contributed by atoms with Gasteiger partial charge in [0.25, 0.3) is 5.91 Å². The average Bonchev–Trinajstić information content (AvgIpc) is 3.14. The molecule has 4 rings (SSSR count). The fraction of sp³-hybridized carbons (Fsp3) is 0.111. The van der Waals surface area contributed by atoms with E-state index in [1.807, 2.05) is 68.4 Å². The lowest BCUT2D eigenvalue weighted by molar-refractivity contribution is -0.113. The van der Waals surface area contributed by atoms with Crippen LogP contribution in [0.15, 0.2) is 81.2 Å². The lowest BCUT2D eigenvalue weighted by Crippen LogP contribution is -2.25. The van der Waals surface area contributed by atoms with Crippen LogP contribution in [-0.4, -0.2) is 10.6 Å². The summed E-state index contributed by atoms with van der Waals surface area (Å²) in [5, 5.41) is 11.9. The first kappa shape index (κ1) is 23.8. The number of amides is 1. The molecule has 0 aliphatic heterocycles. The van der Waals surface area contributed by atoms with Gasteiger partial charge in [-0.3, -0.25) is 14.9 Å². The van der Waals surface area contributed by atoms with Crippen LogP contribution >= 0.6 is 31.9 Å². The molecule has 34 heavy (non-hydrogen) atoms. The number of benzene rings is 3. The number of halogens is 2. The molecule has 0 atom stereocenters. The first-order valence-corrected chi connectivity index (χ1v) is 12.1. The Morgan fingerprint density at radius 1 is 1.03 bits per heavy atom. The van der Waals surface area contributed by atoms with Gasteiger partial charge in [0.15, 0.2) is 0 Å². The second-order valence-electron chi connectivity index (χ2n) is 7.80. The number of nitrogens with zero attached hydrogens (tertiary/aromatic N) is 2. The fourth-order valence-corrected chi connectivity index (χ4v) is 5.14. The number of hydrogen-bond donors (Lipinski definition) is 1. The Labute approximate surface area is 214 Å². The van der Waals surface area contributed by atoms with Gasteiger partial charge in [0.1, 0.15) is 24.0 Å². The van der Waals surface area contributed by atoms with E-state index in [9.17, 15) is 10.1 Å². The lowest BCUT2D eigenvalue weighted by atomic mass is 10.1. The van der Waals surface area contributed by atoms with Crippen molar-refractivity contribution in [2.75, 3.05) is 5.43 Å². The maximum atomic E-state index is 12.7. The summed E-state index contributed by atoms with van der Waals surface area (Å²) < 4.78 is 9.21. The minimum Gasteiger partial charge on any atom is -0.487 e. The molecule has 1 N–H and O–H groups in total. The summed E-state index contributed by atoms with van der Waals surface area (Å²) in [6.45, 7) is 4.16. The molecule has 0 aliphatic carbocycles. The zero-order chi connectivity index (χ0) is 24.2. The quantitative estimate of drug-likeness (QED) is 0.197. The van der Waals surface area contributed by atoms with Gasteiger partial charge < -0.3 is 4.74 Å². The minimum absolute atomic E-state index is 0.00396. The predicted octanol–water partition coefficient (Wildman–Crippen LogP) is 7.04. The number of aryl methyl sites for hydroxylation is 2. The molecule has 170 valence electrons. The number of aromatic nitrogens is 1. The zero-order valence-electron chi connectivity index (χ0n) is 18.6. The maximum Gasteiger partial charge on any atom is 0.280 e. The molecule has 0 bridgehead atoms. The van der Waals surface area contributed by atoms with E-state index < -0.39 is 5.91 Å². The molecular formula is C27H21Br2N3O2. The van der Waals surface area contributed by atoms with Crippen LogP contribution in [0.2, 0.25) is 0 Å². The van der Waals surface area contributed by atoms with Crippen LogP contribution in [0.4, 0.5) is 0 Å². The monoisotopic (exact) mass is 577 g/mol. The average molecular weight is 579 g/mol. The van der Waals surface area contributed by atoms with E-state index in [4.69, 9.17) is 4.74 Å². The van der Waals surface area contributed by atoms with Gasteiger partial charge in [0.2, 0.25) is 0 Å². The van der Waals surface area contributed by atoms with Crippen molar-refractivity contribution >= 4 is 54.6 Å². The van der Waals surface area contributed by atoms with E-state index >= 15 is 0 Å². The normalized spacial score (nSPS) is 11.3. The van der Waals surface area contributed by atoms with Crippen LogP contribution < -0.4 is 10.2 Å². The number of rotatable bonds is 6. The van der Waals surface area contributed by atoms with Gasteiger partial charge >= 0.3 is 0 Å². The standard InChI is InChI=1S/C27H21Br2N3O2/c1-17-10-11-18(2)32(17)31-27(33)22(15-30)12-19-13-24(28)26(25(29)14-19)34-16-21-8-5-7-20-6-3-4-9-23(20)21/h3-14H,16H2,1-2H3,(H,31,33)/b22-12-. The van der Waals surface area contributed by atoms with Gasteiger partial charge in [0, 0.05) is 11.4 Å². The highest BCUT2D eigenvalue weighted by atomic mass is 79.9. The fourth-order valence-electron chi connectivity index (χ4n) is 3.69. The molecule has 0 unspecified atom stereocenters. The smallest absolute Gasteiger partial charge is 0.280 e. The maximum absolute atomic E-state index is 12.7. The van der Waals surface area contributed by atoms with Crippen molar-refractivity contribution in [3.05, 3.63) is 104 Å². The summed E-state index contributed by atoms with van der Waals surface area (Å²) in [5.41, 5.74) is 6.28. The third-order valence-corrected chi connectivity index (χ3v) is 6.61. The highest BCUT2D eigenvalue weighted by molar-refractivity contribution is 9.11. The molecule has 1 heterocycles. The van der Waals surface area contributed by atoms with E-state index in [0.29, 0.717) is 26.9 Å². The zero-order valence-corrected chi connectivity index (χ0v) is 21.8. The van der Waals surface area contributed by atoms with E-state index in [-0.39, 0.29) is 5.57 Å². The predicted molar refractivity (Wildman–Crippen MR) is 142 cm³/mol. The number of nitriles is 1. The largest absolute Gasteiger partial charge is 0.487 e. The number of nitrogens with one attached hydrogen (secondary N) is 1. The van der Waals surface area contributed by atoms with Crippen molar-refractivity contribution in [3.63, 3.8) is 0 Å². The Morgan fingerprint density at radius 3 is 2.35 bits per heavy atom. The van der Waals surface area contributed by atoms with E-state index in [2.05, 4.69) is 55.5 Å². The van der Waals surface area contributed by atoms with Gasteiger partial charge in [0.05, 0.1) is 8.95 Å². The molecule has 0 radical (unpaired) electrons. The van der Waals surface area contributed by atoms with Gasteiger partial charge in [-0.2, -0.15) is 5.26 Å². The van der Waals surface area contributed by atoms with E-state index in [1.54, 1.807) is 10.8 Å². The first-order valence-electron chi connectivity index (χ1n) is 10.5. The molecular weight excluding hydrogens is 558 g/mol. The second kappa shape index (κ2) is 10.3. The molecule has 3 aromatic carbocycles. The summed E-state index contributed by atoms with van der Waals surface area (Å²) in [6, 6.07) is 23.8. The lowest BCUT2D eigenvalue weighted by Gasteiger charge is -2.13. The van der Waals surface area contributed by atoms with Crippen molar-refractivity contribution < 1.29 is 9.53 Å². The Kier molecular flexibility index (Phi) is 7.20. The van der Waals surface area contributed by atoms with E-state index in [1.165, 1.54) is 0 Å². The molecule has 0 fully saturated rings. The minimum atomic E-state index is -0.478. The highest BCUT2D eigenvalue weighted by Gasteiger charge is 2.14. The van der Waals surface area contributed by atoms with Gasteiger partial charge in [-0.25, -0.2) is 0 Å². The van der Waals surface area contributed by atoms with Crippen molar-refractivity contribution in [1.82, 2.24) is 4.68 Å². The Balaban J connectivity index is 1.55. The third kappa shape index (κ3) is 5.09. The Morgan fingerprint density at radius 2 is 1.68 bits per heavy atom. The first-order chi connectivity index (χ1) is 16.4. The van der Waals surface area contributed by atoms with E-state index in [0.717, 1.165) is 27.7 Å². The molecule has 7 heteroatoms. The molecule has 1 aromatic heterocycles. The van der Waals surface area contributed by atoms with Gasteiger partial charge in [-0.1, -0.05) is 42.5 Å². The molecule has 0 aliphatic rings. The highest BCUT2D eigenvalue weighted by Crippen LogP contribution is 2.36. The molecule has 5 nitrogen and oxygen atoms in total. The summed E-state index contributed by atoms with van der Waals surface area (Å²) in [7, 11) is 0. The number of carbonyl (C=O) groups excluding carboxylic acids is 1. The summed E-state index contributed by atoms with van der Waals surface area (Å²) >= 11 is 7.13. The Hall–Kier alpha value is -3.34. The summed E-state index contributed by atoms with van der Waals surface area (Å²) in [4.78, 5) is 12.7. The van der Waals surface area contributed by atoms with Crippen molar-refractivity contribution in [2.45, 2.75) is 20.5 Å². The third-order valence-electron chi connectivity index (χ3n) is 5.43. The number of hydrogen-bond acceptors (Lipinski definition) is 3. The molecule has 0 spiro atoms. The number of ether oxygens (including phenoxy) is 1. The van der Waals surface area contributed by atoms with Crippen LogP contribution in [-0.2, 0) is 11.4 Å². The topological polar surface area (TPSA) is 67.0 Å².